The van der Waals surface area contributed by atoms with Crippen LogP contribution in [0.5, 0.6) is 0 Å². The maximum absolute atomic E-state index is 13.2. The SMILES string of the molecule is Fc1ccc(N=C(Cl)C(F)(F)F)c(F)c1I. The Labute approximate surface area is 105 Å². The summed E-state index contributed by atoms with van der Waals surface area (Å²) in [6.45, 7) is 0. The van der Waals surface area contributed by atoms with Crippen LogP contribution in [-0.4, -0.2) is 11.3 Å². The van der Waals surface area contributed by atoms with Crippen molar-refractivity contribution in [1.29, 1.82) is 0 Å². The van der Waals surface area contributed by atoms with E-state index in [2.05, 4.69) is 4.99 Å². The van der Waals surface area contributed by atoms with Crippen LogP contribution < -0.4 is 0 Å². The fourth-order valence-electron chi connectivity index (χ4n) is 0.771. The highest BCUT2D eigenvalue weighted by Gasteiger charge is 2.34. The maximum atomic E-state index is 13.2. The fourth-order valence-corrected chi connectivity index (χ4v) is 1.32. The quantitative estimate of drug-likeness (QED) is 0.301. The van der Waals surface area contributed by atoms with E-state index in [1.807, 2.05) is 0 Å². The third-order valence-electron chi connectivity index (χ3n) is 1.47. The highest BCUT2D eigenvalue weighted by molar-refractivity contribution is 14.1. The maximum Gasteiger partial charge on any atom is 0.444 e. The number of hydrogen-bond acceptors (Lipinski definition) is 1. The molecule has 0 N–H and O–H groups in total. The number of alkyl halides is 3. The second kappa shape index (κ2) is 4.82. The smallest absolute Gasteiger partial charge is 0.229 e. The summed E-state index contributed by atoms with van der Waals surface area (Å²) in [5.41, 5.74) is -0.659. The van der Waals surface area contributed by atoms with Gasteiger partial charge in [-0.3, -0.25) is 0 Å². The number of nitrogens with zero attached hydrogens (tertiary/aromatic N) is 1. The molecule has 0 aliphatic carbocycles. The lowest BCUT2D eigenvalue weighted by molar-refractivity contribution is -0.0558. The van der Waals surface area contributed by atoms with E-state index in [4.69, 9.17) is 11.6 Å². The van der Waals surface area contributed by atoms with E-state index in [0.717, 1.165) is 12.1 Å². The van der Waals surface area contributed by atoms with Crippen molar-refractivity contribution in [3.8, 4) is 0 Å². The number of rotatable bonds is 1. The van der Waals surface area contributed by atoms with Gasteiger partial charge >= 0.3 is 6.18 Å². The first kappa shape index (κ1) is 13.6. The van der Waals surface area contributed by atoms with E-state index < -0.39 is 32.2 Å². The molecule has 0 amide bonds. The van der Waals surface area contributed by atoms with Crippen LogP contribution in [0.25, 0.3) is 0 Å². The van der Waals surface area contributed by atoms with Gasteiger partial charge in [0.1, 0.15) is 11.5 Å². The van der Waals surface area contributed by atoms with Gasteiger partial charge in [-0.25, -0.2) is 13.8 Å². The fraction of sp³-hybridized carbons (Fsp3) is 0.125. The molecule has 0 spiro atoms. The minimum absolute atomic E-state index is 0.439. The topological polar surface area (TPSA) is 12.4 Å². The van der Waals surface area contributed by atoms with Crippen molar-refractivity contribution in [3.63, 3.8) is 0 Å². The van der Waals surface area contributed by atoms with Crippen LogP contribution in [0, 0.1) is 15.2 Å². The molecule has 8 heteroatoms. The molecular weight excluding hydrogens is 367 g/mol. The van der Waals surface area contributed by atoms with E-state index in [9.17, 15) is 22.0 Å². The third kappa shape index (κ3) is 3.03. The standard InChI is InChI=1S/C8H2ClF5IN/c9-7(8(12,13)14)16-4-2-1-3(10)6(15)5(4)11/h1-2H. The van der Waals surface area contributed by atoms with Crippen LogP contribution in [0.3, 0.4) is 0 Å². The van der Waals surface area contributed by atoms with Crippen LogP contribution in [0.4, 0.5) is 27.6 Å². The summed E-state index contributed by atoms with van der Waals surface area (Å²) in [5, 5.41) is -1.71. The number of benzene rings is 1. The summed E-state index contributed by atoms with van der Waals surface area (Å²) in [7, 11) is 0. The van der Waals surface area contributed by atoms with Crippen LogP contribution in [-0.2, 0) is 0 Å². The van der Waals surface area contributed by atoms with Gasteiger partial charge in [-0.2, -0.15) is 13.2 Å². The zero-order valence-corrected chi connectivity index (χ0v) is 10.2. The van der Waals surface area contributed by atoms with Gasteiger partial charge < -0.3 is 0 Å². The minimum atomic E-state index is -4.85. The van der Waals surface area contributed by atoms with Crippen molar-refractivity contribution >= 4 is 45.1 Å². The number of hydrogen-bond donors (Lipinski definition) is 0. The Morgan fingerprint density at radius 1 is 1.25 bits per heavy atom. The first-order valence-electron chi connectivity index (χ1n) is 3.68. The lowest BCUT2D eigenvalue weighted by Crippen LogP contribution is -2.16. The monoisotopic (exact) mass is 369 g/mol. The molecule has 0 saturated heterocycles. The van der Waals surface area contributed by atoms with Crippen molar-refractivity contribution in [1.82, 2.24) is 0 Å². The Bertz CT molecular complexity index is 443. The molecule has 0 fully saturated rings. The van der Waals surface area contributed by atoms with Crippen LogP contribution in [0.15, 0.2) is 17.1 Å². The predicted octanol–water partition coefficient (Wildman–Crippen LogP) is 4.40. The predicted molar refractivity (Wildman–Crippen MR) is 58.1 cm³/mol. The second-order valence-corrected chi connectivity index (χ2v) is 4.03. The molecule has 0 aliphatic rings. The zero-order chi connectivity index (χ0) is 12.5. The lowest BCUT2D eigenvalue weighted by atomic mass is 10.3. The van der Waals surface area contributed by atoms with Gasteiger partial charge in [-0.05, 0) is 34.7 Å². The second-order valence-electron chi connectivity index (χ2n) is 2.59. The lowest BCUT2D eigenvalue weighted by Gasteiger charge is -2.04. The van der Waals surface area contributed by atoms with E-state index in [-0.39, 0.29) is 0 Å². The van der Waals surface area contributed by atoms with Crippen molar-refractivity contribution in [2.24, 2.45) is 4.99 Å². The summed E-state index contributed by atoms with van der Waals surface area (Å²) in [6.07, 6.45) is -4.85. The highest BCUT2D eigenvalue weighted by atomic mass is 127. The largest absolute Gasteiger partial charge is 0.444 e. The van der Waals surface area contributed by atoms with Crippen LogP contribution in [0.2, 0.25) is 0 Å². The number of aliphatic imine (C=N–C) groups is 1. The molecule has 1 rings (SSSR count). The Hall–Kier alpha value is -0.440. The first-order chi connectivity index (χ1) is 7.23. The van der Waals surface area contributed by atoms with Crippen molar-refractivity contribution in [2.75, 3.05) is 0 Å². The Kier molecular flexibility index (Phi) is 4.11. The van der Waals surface area contributed by atoms with Gasteiger partial charge in [0.25, 0.3) is 0 Å². The third-order valence-corrected chi connectivity index (χ3v) is 2.75. The van der Waals surface area contributed by atoms with Gasteiger partial charge in [-0.15, -0.1) is 0 Å². The molecular formula is C8H2ClF5IN. The van der Waals surface area contributed by atoms with E-state index >= 15 is 0 Å². The van der Waals surface area contributed by atoms with E-state index in [0.29, 0.717) is 0 Å². The Morgan fingerprint density at radius 3 is 2.31 bits per heavy atom. The first-order valence-corrected chi connectivity index (χ1v) is 5.14. The molecule has 0 saturated carbocycles. The van der Waals surface area contributed by atoms with Crippen molar-refractivity contribution in [2.45, 2.75) is 6.18 Å². The molecule has 0 unspecified atom stereocenters. The summed E-state index contributed by atoms with van der Waals surface area (Å²) in [5.74, 6) is -2.05. The van der Waals surface area contributed by atoms with Crippen LogP contribution in [0.1, 0.15) is 0 Å². The van der Waals surface area contributed by atoms with E-state index in [1.54, 1.807) is 0 Å². The van der Waals surface area contributed by atoms with Gasteiger partial charge in [-0.1, -0.05) is 11.6 Å². The van der Waals surface area contributed by atoms with Gasteiger partial charge in [0, 0.05) is 0 Å². The van der Waals surface area contributed by atoms with Gasteiger partial charge in [0.2, 0.25) is 5.17 Å². The molecule has 1 nitrogen and oxygen atoms in total. The molecule has 1 aromatic rings. The molecule has 1 aromatic carbocycles. The molecule has 0 radical (unpaired) electrons. The minimum Gasteiger partial charge on any atom is -0.229 e. The summed E-state index contributed by atoms with van der Waals surface area (Å²) in [6, 6.07) is 1.59. The molecule has 0 aliphatic heterocycles. The Balaban J connectivity index is 3.22. The average Bonchev–Trinajstić information content (AvgIpc) is 2.17. The van der Waals surface area contributed by atoms with Crippen molar-refractivity contribution in [3.05, 3.63) is 27.3 Å². The Morgan fingerprint density at radius 2 is 1.81 bits per heavy atom. The summed E-state index contributed by atoms with van der Waals surface area (Å²) in [4.78, 5) is 2.84. The molecule has 0 atom stereocenters. The zero-order valence-electron chi connectivity index (χ0n) is 7.25. The van der Waals surface area contributed by atoms with Crippen molar-refractivity contribution < 1.29 is 22.0 Å². The molecule has 0 heterocycles. The average molecular weight is 369 g/mol. The van der Waals surface area contributed by atoms with Gasteiger partial charge in [0.05, 0.1) is 3.57 Å². The normalized spacial score (nSPS) is 13.1. The van der Waals surface area contributed by atoms with Crippen LogP contribution >= 0.6 is 34.2 Å². The highest BCUT2D eigenvalue weighted by Crippen LogP contribution is 2.28. The molecule has 0 bridgehead atoms. The number of halogens is 7. The molecule has 16 heavy (non-hydrogen) atoms. The summed E-state index contributed by atoms with van der Waals surface area (Å²) < 4.78 is 61.5. The summed E-state index contributed by atoms with van der Waals surface area (Å²) >= 11 is 6.14. The molecule has 88 valence electrons. The van der Waals surface area contributed by atoms with E-state index in [1.165, 1.54) is 22.6 Å². The molecule has 0 aromatic heterocycles. The van der Waals surface area contributed by atoms with Gasteiger partial charge in [0.15, 0.2) is 5.82 Å².